The van der Waals surface area contributed by atoms with Crippen molar-refractivity contribution in [2.45, 2.75) is 11.6 Å². The standard InChI is InChI=1S/C14H9BrClF3/c15-12-7-6-10(8-11(12)14(17,18)19)13(16)9-4-2-1-3-5-9/h1-8,13H. The van der Waals surface area contributed by atoms with Crippen LogP contribution in [0.5, 0.6) is 0 Å². The maximum Gasteiger partial charge on any atom is 0.417 e. The zero-order chi connectivity index (χ0) is 14.0. The number of hydrogen-bond acceptors (Lipinski definition) is 0. The maximum atomic E-state index is 12.8. The Morgan fingerprint density at radius 3 is 2.16 bits per heavy atom. The summed E-state index contributed by atoms with van der Waals surface area (Å²) in [5.41, 5.74) is 0.467. The van der Waals surface area contributed by atoms with Gasteiger partial charge in [0.15, 0.2) is 0 Å². The average Bonchev–Trinajstić information content (AvgIpc) is 2.38. The summed E-state index contributed by atoms with van der Waals surface area (Å²) in [6.45, 7) is 0. The molecule has 0 bridgehead atoms. The van der Waals surface area contributed by atoms with Gasteiger partial charge in [-0.3, -0.25) is 0 Å². The van der Waals surface area contributed by atoms with Crippen molar-refractivity contribution < 1.29 is 13.2 Å². The molecule has 0 aliphatic rings. The van der Waals surface area contributed by atoms with Crippen LogP contribution < -0.4 is 0 Å². The van der Waals surface area contributed by atoms with Gasteiger partial charge in [-0.1, -0.05) is 52.3 Å². The summed E-state index contributed by atoms with van der Waals surface area (Å²) in [6, 6.07) is 13.0. The minimum Gasteiger partial charge on any atom is -0.166 e. The van der Waals surface area contributed by atoms with Crippen LogP contribution >= 0.6 is 27.5 Å². The summed E-state index contributed by atoms with van der Waals surface area (Å²) in [5.74, 6) is 0. The predicted octanol–water partition coefficient (Wildman–Crippen LogP) is 5.80. The third kappa shape index (κ3) is 3.31. The Hall–Kier alpha value is -1.00. The van der Waals surface area contributed by atoms with Crippen LogP contribution in [-0.2, 0) is 6.18 Å². The van der Waals surface area contributed by atoms with Crippen molar-refractivity contribution in [3.8, 4) is 0 Å². The molecular formula is C14H9BrClF3. The third-order valence-corrected chi connectivity index (χ3v) is 3.88. The van der Waals surface area contributed by atoms with Gasteiger partial charge in [0.05, 0.1) is 10.9 Å². The second kappa shape index (κ2) is 5.55. The summed E-state index contributed by atoms with van der Waals surface area (Å²) < 4.78 is 38.5. The van der Waals surface area contributed by atoms with Crippen LogP contribution in [0.2, 0.25) is 0 Å². The quantitative estimate of drug-likeness (QED) is 0.601. The van der Waals surface area contributed by atoms with Crippen molar-refractivity contribution in [2.75, 3.05) is 0 Å². The van der Waals surface area contributed by atoms with E-state index in [1.807, 2.05) is 6.07 Å². The first-order chi connectivity index (χ1) is 8.89. The molecule has 0 fully saturated rings. The van der Waals surface area contributed by atoms with Gasteiger partial charge in [0.1, 0.15) is 0 Å². The molecule has 0 spiro atoms. The van der Waals surface area contributed by atoms with E-state index in [-0.39, 0.29) is 4.47 Å². The highest BCUT2D eigenvalue weighted by atomic mass is 79.9. The Kier molecular flexibility index (Phi) is 4.21. The van der Waals surface area contributed by atoms with Crippen LogP contribution in [0.15, 0.2) is 53.0 Å². The molecule has 0 saturated heterocycles. The fourth-order valence-electron chi connectivity index (χ4n) is 1.73. The summed E-state index contributed by atoms with van der Waals surface area (Å²) in [4.78, 5) is 0. The topological polar surface area (TPSA) is 0 Å². The number of rotatable bonds is 2. The number of hydrogen-bond donors (Lipinski definition) is 0. The van der Waals surface area contributed by atoms with Gasteiger partial charge >= 0.3 is 6.18 Å². The Balaban J connectivity index is 2.42. The molecule has 1 atom stereocenters. The zero-order valence-corrected chi connectivity index (χ0v) is 11.9. The van der Waals surface area contributed by atoms with E-state index in [9.17, 15) is 13.2 Å². The third-order valence-electron chi connectivity index (χ3n) is 2.68. The van der Waals surface area contributed by atoms with Crippen LogP contribution in [0, 0.1) is 0 Å². The second-order valence-corrected chi connectivity index (χ2v) is 5.30. The van der Waals surface area contributed by atoms with Gasteiger partial charge in [0.2, 0.25) is 0 Å². The molecule has 0 amide bonds. The van der Waals surface area contributed by atoms with Crippen LogP contribution in [0.1, 0.15) is 22.1 Å². The van der Waals surface area contributed by atoms with E-state index >= 15 is 0 Å². The molecule has 0 nitrogen and oxygen atoms in total. The van der Waals surface area contributed by atoms with Gasteiger partial charge in [0.25, 0.3) is 0 Å². The highest BCUT2D eigenvalue weighted by molar-refractivity contribution is 9.10. The zero-order valence-electron chi connectivity index (χ0n) is 9.59. The first-order valence-electron chi connectivity index (χ1n) is 5.45. The molecule has 19 heavy (non-hydrogen) atoms. The van der Waals surface area contributed by atoms with Gasteiger partial charge in [-0.25, -0.2) is 0 Å². The Morgan fingerprint density at radius 2 is 1.58 bits per heavy atom. The van der Waals surface area contributed by atoms with E-state index in [1.54, 1.807) is 30.3 Å². The predicted molar refractivity (Wildman–Crippen MR) is 73.3 cm³/mol. The van der Waals surface area contributed by atoms with Gasteiger partial charge in [-0.2, -0.15) is 13.2 Å². The second-order valence-electron chi connectivity index (χ2n) is 4.01. The molecule has 1 unspecified atom stereocenters. The van der Waals surface area contributed by atoms with Crippen molar-refractivity contribution in [3.63, 3.8) is 0 Å². The Morgan fingerprint density at radius 1 is 0.947 bits per heavy atom. The van der Waals surface area contributed by atoms with Crippen LogP contribution in [-0.4, -0.2) is 0 Å². The molecule has 0 N–H and O–H groups in total. The lowest BCUT2D eigenvalue weighted by Gasteiger charge is -2.14. The molecule has 5 heteroatoms. The Labute approximate surface area is 122 Å². The van der Waals surface area contributed by atoms with Crippen molar-refractivity contribution in [1.82, 2.24) is 0 Å². The monoisotopic (exact) mass is 348 g/mol. The lowest BCUT2D eigenvalue weighted by atomic mass is 10.0. The summed E-state index contributed by atoms with van der Waals surface area (Å²) in [5, 5.41) is -0.601. The van der Waals surface area contributed by atoms with E-state index in [0.717, 1.165) is 11.6 Å². The summed E-state index contributed by atoms with van der Waals surface area (Å²) in [7, 11) is 0. The van der Waals surface area contributed by atoms with E-state index in [4.69, 9.17) is 11.6 Å². The molecule has 0 aliphatic carbocycles. The lowest BCUT2D eigenvalue weighted by molar-refractivity contribution is -0.138. The van der Waals surface area contributed by atoms with Gasteiger partial charge in [-0.05, 0) is 23.3 Å². The molecule has 0 radical (unpaired) electrons. The van der Waals surface area contributed by atoms with Gasteiger partial charge < -0.3 is 0 Å². The number of benzene rings is 2. The molecule has 100 valence electrons. The summed E-state index contributed by atoms with van der Waals surface area (Å²) in [6.07, 6.45) is -4.40. The molecule has 0 aromatic heterocycles. The largest absolute Gasteiger partial charge is 0.417 e. The van der Waals surface area contributed by atoms with Crippen LogP contribution in [0.3, 0.4) is 0 Å². The van der Waals surface area contributed by atoms with E-state index in [2.05, 4.69) is 15.9 Å². The minimum absolute atomic E-state index is 0.0145. The fourth-order valence-corrected chi connectivity index (χ4v) is 2.48. The van der Waals surface area contributed by atoms with E-state index < -0.39 is 17.1 Å². The highest BCUT2D eigenvalue weighted by Crippen LogP contribution is 2.38. The van der Waals surface area contributed by atoms with Crippen molar-refractivity contribution in [3.05, 3.63) is 69.7 Å². The van der Waals surface area contributed by atoms with Crippen LogP contribution in [0.25, 0.3) is 0 Å². The SMILES string of the molecule is FC(F)(F)c1cc(C(Cl)c2ccccc2)ccc1Br. The van der Waals surface area contributed by atoms with Crippen molar-refractivity contribution >= 4 is 27.5 Å². The fraction of sp³-hybridized carbons (Fsp3) is 0.143. The van der Waals surface area contributed by atoms with Gasteiger partial charge in [-0.15, -0.1) is 11.6 Å². The normalized spacial score (nSPS) is 13.3. The Bertz CT molecular complexity index is 567. The van der Waals surface area contributed by atoms with Gasteiger partial charge in [0, 0.05) is 4.47 Å². The minimum atomic E-state index is -4.40. The molecule has 2 aromatic rings. The number of halogens is 5. The van der Waals surface area contributed by atoms with Crippen molar-refractivity contribution in [1.29, 1.82) is 0 Å². The van der Waals surface area contributed by atoms with Crippen molar-refractivity contribution in [2.24, 2.45) is 0 Å². The molecule has 0 aliphatic heterocycles. The molecule has 0 saturated carbocycles. The molecule has 2 rings (SSSR count). The highest BCUT2D eigenvalue weighted by Gasteiger charge is 2.33. The van der Waals surface area contributed by atoms with Crippen LogP contribution in [0.4, 0.5) is 13.2 Å². The first-order valence-corrected chi connectivity index (χ1v) is 6.68. The van der Waals surface area contributed by atoms with E-state index in [1.165, 1.54) is 6.07 Å². The smallest absolute Gasteiger partial charge is 0.166 e. The molecule has 2 aromatic carbocycles. The molecular weight excluding hydrogens is 341 g/mol. The molecule has 0 heterocycles. The van der Waals surface area contributed by atoms with E-state index in [0.29, 0.717) is 5.56 Å². The summed E-state index contributed by atoms with van der Waals surface area (Å²) >= 11 is 9.13. The first kappa shape index (κ1) is 14.4. The lowest BCUT2D eigenvalue weighted by Crippen LogP contribution is -2.07. The number of alkyl halides is 4. The maximum absolute atomic E-state index is 12.8. The average molecular weight is 350 g/mol.